The van der Waals surface area contributed by atoms with Crippen LogP contribution in [0.3, 0.4) is 0 Å². The van der Waals surface area contributed by atoms with Crippen molar-refractivity contribution in [2.75, 3.05) is 44.2 Å². The highest BCUT2D eigenvalue weighted by molar-refractivity contribution is 5.85. The van der Waals surface area contributed by atoms with Gasteiger partial charge in [0.15, 0.2) is 0 Å². The molecule has 0 saturated carbocycles. The van der Waals surface area contributed by atoms with E-state index in [-0.39, 0.29) is 30.9 Å². The summed E-state index contributed by atoms with van der Waals surface area (Å²) in [5, 5.41) is 9.42. The van der Waals surface area contributed by atoms with Crippen molar-refractivity contribution in [2.45, 2.75) is 18.9 Å². The van der Waals surface area contributed by atoms with E-state index in [1.54, 1.807) is 12.1 Å². The lowest BCUT2D eigenvalue weighted by Crippen LogP contribution is -2.46. The van der Waals surface area contributed by atoms with E-state index in [0.717, 1.165) is 52.2 Å². The minimum absolute atomic E-state index is 0. The number of aromatic hydroxyl groups is 1. The van der Waals surface area contributed by atoms with E-state index in [9.17, 15) is 5.11 Å². The van der Waals surface area contributed by atoms with Crippen LogP contribution in [0.2, 0.25) is 0 Å². The second-order valence-electron chi connectivity index (χ2n) is 6.94. The van der Waals surface area contributed by atoms with Crippen LogP contribution in [0.5, 0.6) is 5.75 Å². The number of benzene rings is 2. The maximum absolute atomic E-state index is 9.42. The zero-order valence-electron chi connectivity index (χ0n) is 15.4. The van der Waals surface area contributed by atoms with Crippen molar-refractivity contribution in [3.05, 3.63) is 59.7 Å². The van der Waals surface area contributed by atoms with Crippen LogP contribution in [-0.4, -0.2) is 49.3 Å². The third-order valence-corrected chi connectivity index (χ3v) is 5.39. The minimum Gasteiger partial charge on any atom is -0.508 e. The van der Waals surface area contributed by atoms with Crippen molar-refractivity contribution in [1.29, 1.82) is 0 Å². The molecule has 0 spiro atoms. The number of anilines is 1. The molecule has 2 aliphatic heterocycles. The van der Waals surface area contributed by atoms with Gasteiger partial charge in [0.25, 0.3) is 0 Å². The molecule has 2 heterocycles. The van der Waals surface area contributed by atoms with Gasteiger partial charge in [0.2, 0.25) is 0 Å². The molecule has 2 aromatic rings. The van der Waals surface area contributed by atoms with Crippen molar-refractivity contribution in [2.24, 2.45) is 0 Å². The molecule has 1 N–H and O–H groups in total. The summed E-state index contributed by atoms with van der Waals surface area (Å²) in [6, 6.07) is 16.2. The van der Waals surface area contributed by atoms with Crippen molar-refractivity contribution in [3.63, 3.8) is 0 Å². The van der Waals surface area contributed by atoms with E-state index in [4.69, 9.17) is 4.74 Å². The number of halogens is 2. The molecule has 2 aromatic carbocycles. The second-order valence-corrected chi connectivity index (χ2v) is 6.94. The van der Waals surface area contributed by atoms with Crippen LogP contribution in [0.15, 0.2) is 48.5 Å². The number of fused-ring (bicyclic) bond motifs is 1. The highest BCUT2D eigenvalue weighted by Crippen LogP contribution is 2.29. The highest BCUT2D eigenvalue weighted by atomic mass is 35.5. The van der Waals surface area contributed by atoms with E-state index >= 15 is 0 Å². The zero-order valence-corrected chi connectivity index (χ0v) is 17.1. The average molecular weight is 411 g/mol. The minimum atomic E-state index is 0. The number of rotatable bonds is 4. The largest absolute Gasteiger partial charge is 0.508 e. The molecule has 0 aliphatic carbocycles. The second kappa shape index (κ2) is 10.2. The zero-order chi connectivity index (χ0) is 17.1. The van der Waals surface area contributed by atoms with Gasteiger partial charge in [-0.3, -0.25) is 4.90 Å². The highest BCUT2D eigenvalue weighted by Gasteiger charge is 2.23. The molecule has 0 bridgehead atoms. The SMILES string of the molecule is Cl.Cl.Oc1ccc(N2CCN(CCC3OCCc4ccccc43)CC2)cc1. The van der Waals surface area contributed by atoms with Crippen LogP contribution in [0.25, 0.3) is 0 Å². The predicted molar refractivity (Wildman–Crippen MR) is 115 cm³/mol. The molecule has 0 amide bonds. The van der Waals surface area contributed by atoms with Gasteiger partial charge in [0.05, 0.1) is 12.7 Å². The van der Waals surface area contributed by atoms with E-state index < -0.39 is 0 Å². The topological polar surface area (TPSA) is 35.9 Å². The van der Waals surface area contributed by atoms with Gasteiger partial charge >= 0.3 is 0 Å². The summed E-state index contributed by atoms with van der Waals surface area (Å²) < 4.78 is 6.04. The summed E-state index contributed by atoms with van der Waals surface area (Å²) >= 11 is 0. The molecular formula is C21H28Cl2N2O2. The van der Waals surface area contributed by atoms with Gasteiger partial charge in [-0.15, -0.1) is 24.8 Å². The average Bonchev–Trinajstić information content (AvgIpc) is 2.67. The molecule has 27 heavy (non-hydrogen) atoms. The first-order valence-electron chi connectivity index (χ1n) is 9.25. The first-order chi connectivity index (χ1) is 12.3. The molecule has 148 valence electrons. The lowest BCUT2D eigenvalue weighted by molar-refractivity contribution is 0.0289. The number of nitrogens with zero attached hydrogens (tertiary/aromatic N) is 2. The summed E-state index contributed by atoms with van der Waals surface area (Å²) in [7, 11) is 0. The molecular weight excluding hydrogens is 383 g/mol. The maximum Gasteiger partial charge on any atom is 0.115 e. The number of hydrogen-bond donors (Lipinski definition) is 1. The lowest BCUT2D eigenvalue weighted by Gasteiger charge is -2.37. The normalized spacial score (nSPS) is 19.6. The van der Waals surface area contributed by atoms with Crippen molar-refractivity contribution in [3.8, 4) is 5.75 Å². The Morgan fingerprint density at radius 3 is 2.37 bits per heavy atom. The van der Waals surface area contributed by atoms with E-state index in [1.807, 2.05) is 12.1 Å². The van der Waals surface area contributed by atoms with Crippen LogP contribution >= 0.6 is 24.8 Å². The third-order valence-electron chi connectivity index (χ3n) is 5.39. The Bertz CT molecular complexity index is 704. The Morgan fingerprint density at radius 1 is 0.926 bits per heavy atom. The summed E-state index contributed by atoms with van der Waals surface area (Å²) in [4.78, 5) is 4.93. The van der Waals surface area contributed by atoms with Gasteiger partial charge in [-0.2, -0.15) is 0 Å². The number of phenols is 1. The number of piperazine rings is 1. The standard InChI is InChI=1S/C21H26N2O2.2ClH/c24-19-7-5-18(6-8-19)23-14-12-22(13-15-23)11-9-21-20-4-2-1-3-17(20)10-16-25-21;;/h1-8,21,24H,9-16H2;2*1H. The number of phenolic OH excluding ortho intramolecular Hbond substituents is 1. The van der Waals surface area contributed by atoms with Crippen molar-refractivity contribution < 1.29 is 9.84 Å². The van der Waals surface area contributed by atoms with Crippen LogP contribution < -0.4 is 4.90 Å². The van der Waals surface area contributed by atoms with Gasteiger partial charge in [0.1, 0.15) is 5.75 Å². The van der Waals surface area contributed by atoms with E-state index in [0.29, 0.717) is 5.75 Å². The van der Waals surface area contributed by atoms with Gasteiger partial charge in [-0.05, 0) is 48.2 Å². The summed E-state index contributed by atoms with van der Waals surface area (Å²) in [6.07, 6.45) is 2.36. The van der Waals surface area contributed by atoms with E-state index in [2.05, 4.69) is 34.1 Å². The van der Waals surface area contributed by atoms with Gasteiger partial charge in [0, 0.05) is 38.4 Å². The molecule has 1 atom stereocenters. The van der Waals surface area contributed by atoms with Gasteiger partial charge in [-0.25, -0.2) is 0 Å². The summed E-state index contributed by atoms with van der Waals surface area (Å²) in [6.45, 7) is 6.16. The van der Waals surface area contributed by atoms with Crippen LogP contribution in [0.1, 0.15) is 23.7 Å². The fourth-order valence-corrected chi connectivity index (χ4v) is 3.91. The van der Waals surface area contributed by atoms with Gasteiger partial charge in [-0.1, -0.05) is 24.3 Å². The Morgan fingerprint density at radius 2 is 1.63 bits per heavy atom. The molecule has 1 fully saturated rings. The Balaban J connectivity index is 0.00000131. The fourth-order valence-electron chi connectivity index (χ4n) is 3.91. The van der Waals surface area contributed by atoms with E-state index in [1.165, 1.54) is 16.8 Å². The van der Waals surface area contributed by atoms with Crippen LogP contribution in [-0.2, 0) is 11.2 Å². The molecule has 1 saturated heterocycles. The molecule has 1 unspecified atom stereocenters. The smallest absolute Gasteiger partial charge is 0.115 e. The molecule has 0 radical (unpaired) electrons. The predicted octanol–water partition coefficient (Wildman–Crippen LogP) is 4.06. The van der Waals surface area contributed by atoms with Crippen molar-refractivity contribution in [1.82, 2.24) is 4.90 Å². The Kier molecular flexibility index (Phi) is 8.24. The molecule has 6 heteroatoms. The Labute approximate surface area is 173 Å². The Hall–Kier alpha value is -1.46. The number of hydrogen-bond acceptors (Lipinski definition) is 4. The third kappa shape index (κ3) is 5.29. The molecule has 4 nitrogen and oxygen atoms in total. The van der Waals surface area contributed by atoms with Crippen LogP contribution in [0.4, 0.5) is 5.69 Å². The summed E-state index contributed by atoms with van der Waals surface area (Å²) in [5.74, 6) is 0.329. The molecule has 4 rings (SSSR count). The molecule has 0 aromatic heterocycles. The summed E-state index contributed by atoms with van der Waals surface area (Å²) in [5.41, 5.74) is 4.04. The quantitative estimate of drug-likeness (QED) is 0.823. The monoisotopic (exact) mass is 410 g/mol. The maximum atomic E-state index is 9.42. The van der Waals surface area contributed by atoms with Crippen LogP contribution in [0, 0.1) is 0 Å². The fraction of sp³-hybridized carbons (Fsp3) is 0.429. The molecule has 2 aliphatic rings. The first kappa shape index (κ1) is 21.8. The van der Waals surface area contributed by atoms with Gasteiger partial charge < -0.3 is 14.7 Å². The number of ether oxygens (including phenoxy) is 1. The lowest BCUT2D eigenvalue weighted by atomic mass is 9.95. The first-order valence-corrected chi connectivity index (χ1v) is 9.25. The van der Waals surface area contributed by atoms with Crippen molar-refractivity contribution >= 4 is 30.5 Å².